The molecule has 1 aromatic heterocycles. The molecule has 0 spiro atoms. The van der Waals surface area contributed by atoms with Gasteiger partial charge in [-0.15, -0.1) is 0 Å². The highest BCUT2D eigenvalue weighted by molar-refractivity contribution is 7.80. The maximum absolute atomic E-state index is 6.11. The minimum absolute atomic E-state index is 0.355. The molecular formula is C17H22BNO3S. The molecule has 3 rings (SSSR count). The first-order valence-corrected chi connectivity index (χ1v) is 8.39. The van der Waals surface area contributed by atoms with Crippen LogP contribution in [0.15, 0.2) is 28.1 Å². The van der Waals surface area contributed by atoms with Crippen LogP contribution in [-0.4, -0.2) is 29.1 Å². The molecule has 0 bridgehead atoms. The van der Waals surface area contributed by atoms with E-state index in [4.69, 9.17) is 13.7 Å². The second-order valence-corrected chi connectivity index (χ2v) is 7.24. The van der Waals surface area contributed by atoms with E-state index in [0.29, 0.717) is 11.6 Å². The highest BCUT2D eigenvalue weighted by Crippen LogP contribution is 2.39. The van der Waals surface area contributed by atoms with Gasteiger partial charge in [-0.3, -0.25) is 0 Å². The van der Waals surface area contributed by atoms with Crippen LogP contribution in [0.5, 0.6) is 0 Å². The lowest BCUT2D eigenvalue weighted by Gasteiger charge is -2.32. The van der Waals surface area contributed by atoms with Gasteiger partial charge in [0.05, 0.1) is 11.2 Å². The molecule has 23 heavy (non-hydrogen) atoms. The molecule has 4 nitrogen and oxygen atoms in total. The van der Waals surface area contributed by atoms with E-state index in [1.807, 2.05) is 58.9 Å². The average molecular weight is 331 g/mol. The number of hydrogen-bond donors (Lipinski definition) is 1. The number of aromatic nitrogens is 1. The van der Waals surface area contributed by atoms with Gasteiger partial charge in [0.1, 0.15) is 5.52 Å². The van der Waals surface area contributed by atoms with Crippen LogP contribution < -0.4 is 0 Å². The van der Waals surface area contributed by atoms with Crippen molar-refractivity contribution >= 4 is 36.9 Å². The SMILES string of the molecule is Cc1nc2ccc(C=C(CS)B3OC(C)(C)C(C)(C)O3)cc2o1. The summed E-state index contributed by atoms with van der Waals surface area (Å²) in [7, 11) is -0.385. The van der Waals surface area contributed by atoms with E-state index in [1.165, 1.54) is 0 Å². The normalized spacial score (nSPS) is 20.4. The predicted octanol–water partition coefficient (Wildman–Crippen LogP) is 4.08. The van der Waals surface area contributed by atoms with Gasteiger partial charge < -0.3 is 13.7 Å². The largest absolute Gasteiger partial charge is 0.491 e. The van der Waals surface area contributed by atoms with Crippen molar-refractivity contribution in [3.05, 3.63) is 35.1 Å². The van der Waals surface area contributed by atoms with Gasteiger partial charge in [0.15, 0.2) is 11.5 Å². The van der Waals surface area contributed by atoms with E-state index >= 15 is 0 Å². The van der Waals surface area contributed by atoms with E-state index in [-0.39, 0.29) is 18.3 Å². The summed E-state index contributed by atoms with van der Waals surface area (Å²) >= 11 is 4.45. The third kappa shape index (κ3) is 3.07. The van der Waals surface area contributed by atoms with Gasteiger partial charge in [-0.05, 0) is 50.9 Å². The molecule has 0 aliphatic carbocycles. The molecule has 0 radical (unpaired) electrons. The fourth-order valence-electron chi connectivity index (χ4n) is 2.54. The van der Waals surface area contributed by atoms with Gasteiger partial charge in [-0.2, -0.15) is 12.6 Å². The van der Waals surface area contributed by atoms with Crippen molar-refractivity contribution in [3.8, 4) is 0 Å². The molecule has 1 aromatic carbocycles. The molecule has 1 saturated heterocycles. The van der Waals surface area contributed by atoms with Gasteiger partial charge in [-0.25, -0.2) is 4.98 Å². The van der Waals surface area contributed by atoms with Crippen LogP contribution in [-0.2, 0) is 9.31 Å². The zero-order chi connectivity index (χ0) is 16.8. The lowest BCUT2D eigenvalue weighted by atomic mass is 9.78. The minimum Gasteiger partial charge on any atom is -0.441 e. The summed E-state index contributed by atoms with van der Waals surface area (Å²) in [5.41, 5.74) is 2.94. The van der Waals surface area contributed by atoms with Gasteiger partial charge in [0.2, 0.25) is 0 Å². The standard InChI is InChI=1S/C17H22BNO3S/c1-11-19-14-7-6-12(9-15(14)20-11)8-13(10-23)18-21-16(2,3)17(4,5)22-18/h6-9,23H,10H2,1-5H3. The third-order valence-corrected chi connectivity index (χ3v) is 4.98. The van der Waals surface area contributed by atoms with E-state index in [1.54, 1.807) is 0 Å². The van der Waals surface area contributed by atoms with Gasteiger partial charge in [-0.1, -0.05) is 12.1 Å². The van der Waals surface area contributed by atoms with Crippen molar-refractivity contribution in [1.29, 1.82) is 0 Å². The van der Waals surface area contributed by atoms with E-state index in [0.717, 1.165) is 22.1 Å². The molecule has 0 unspecified atom stereocenters. The molecular weight excluding hydrogens is 309 g/mol. The number of oxazole rings is 1. The summed E-state index contributed by atoms with van der Waals surface area (Å²) < 4.78 is 17.8. The van der Waals surface area contributed by atoms with Gasteiger partial charge in [0, 0.05) is 12.7 Å². The monoisotopic (exact) mass is 331 g/mol. The van der Waals surface area contributed by atoms with E-state index in [9.17, 15) is 0 Å². The van der Waals surface area contributed by atoms with E-state index in [2.05, 4.69) is 17.6 Å². The Kier molecular flexibility index (Phi) is 4.11. The lowest BCUT2D eigenvalue weighted by molar-refractivity contribution is 0.00578. The maximum Gasteiger partial charge on any atom is 0.491 e. The molecule has 1 aliphatic rings. The van der Waals surface area contributed by atoms with Crippen LogP contribution in [0, 0.1) is 6.92 Å². The highest BCUT2D eigenvalue weighted by atomic mass is 32.1. The third-order valence-electron chi connectivity index (χ3n) is 4.61. The molecule has 0 N–H and O–H groups in total. The van der Waals surface area contributed by atoms with Crippen molar-refractivity contribution in [2.75, 3.05) is 5.75 Å². The fourth-order valence-corrected chi connectivity index (χ4v) is 2.78. The molecule has 2 aromatic rings. The maximum atomic E-state index is 6.11. The van der Waals surface area contributed by atoms with Crippen LogP contribution >= 0.6 is 12.6 Å². The molecule has 6 heteroatoms. The zero-order valence-corrected chi connectivity index (χ0v) is 15.1. The average Bonchev–Trinajstić information content (AvgIpc) is 2.91. The molecule has 2 heterocycles. The van der Waals surface area contributed by atoms with Crippen molar-refractivity contribution in [3.63, 3.8) is 0 Å². The second kappa shape index (κ2) is 5.69. The first-order valence-electron chi connectivity index (χ1n) is 7.76. The first kappa shape index (κ1) is 16.6. The topological polar surface area (TPSA) is 44.5 Å². The fraction of sp³-hybridized carbons (Fsp3) is 0.471. The summed E-state index contributed by atoms with van der Waals surface area (Å²) in [5.74, 6) is 1.23. The van der Waals surface area contributed by atoms with Crippen LogP contribution in [0.25, 0.3) is 17.2 Å². The Morgan fingerprint density at radius 2 is 1.87 bits per heavy atom. The van der Waals surface area contributed by atoms with Crippen LogP contribution in [0.1, 0.15) is 39.1 Å². The molecule has 1 aliphatic heterocycles. The summed E-state index contributed by atoms with van der Waals surface area (Å²) in [6.45, 7) is 10.0. The minimum atomic E-state index is -0.385. The number of benzene rings is 1. The number of fused-ring (bicyclic) bond motifs is 1. The Morgan fingerprint density at radius 1 is 1.22 bits per heavy atom. The van der Waals surface area contributed by atoms with Crippen LogP contribution in [0.4, 0.5) is 0 Å². The zero-order valence-electron chi connectivity index (χ0n) is 14.2. The summed E-state index contributed by atoms with van der Waals surface area (Å²) in [6, 6.07) is 5.95. The molecule has 0 atom stereocenters. The van der Waals surface area contributed by atoms with Crippen LogP contribution in [0.3, 0.4) is 0 Å². The van der Waals surface area contributed by atoms with Crippen molar-refractivity contribution < 1.29 is 13.7 Å². The van der Waals surface area contributed by atoms with Crippen molar-refractivity contribution in [1.82, 2.24) is 4.98 Å². The summed E-state index contributed by atoms with van der Waals surface area (Å²) in [5, 5.41) is 0. The summed E-state index contributed by atoms with van der Waals surface area (Å²) in [4.78, 5) is 4.32. The Bertz CT molecular complexity index is 750. The molecule has 1 fully saturated rings. The number of aryl methyl sites for hydroxylation is 1. The predicted molar refractivity (Wildman–Crippen MR) is 96.7 cm³/mol. The Labute approximate surface area is 142 Å². The van der Waals surface area contributed by atoms with Crippen molar-refractivity contribution in [2.24, 2.45) is 0 Å². The Morgan fingerprint density at radius 3 is 2.48 bits per heavy atom. The second-order valence-electron chi connectivity index (χ2n) is 6.93. The van der Waals surface area contributed by atoms with E-state index < -0.39 is 0 Å². The highest BCUT2D eigenvalue weighted by Gasteiger charge is 2.52. The number of hydrogen-bond acceptors (Lipinski definition) is 5. The van der Waals surface area contributed by atoms with Gasteiger partial charge in [0.25, 0.3) is 0 Å². The smallest absolute Gasteiger partial charge is 0.441 e. The van der Waals surface area contributed by atoms with Crippen molar-refractivity contribution in [2.45, 2.75) is 45.8 Å². The number of thiol groups is 1. The molecule has 0 saturated carbocycles. The number of rotatable bonds is 3. The number of nitrogens with zero attached hydrogens (tertiary/aromatic N) is 1. The van der Waals surface area contributed by atoms with Gasteiger partial charge >= 0.3 is 7.12 Å². The summed E-state index contributed by atoms with van der Waals surface area (Å²) in [6.07, 6.45) is 2.05. The Balaban J connectivity index is 1.92. The molecule has 0 amide bonds. The van der Waals surface area contributed by atoms with Crippen LogP contribution in [0.2, 0.25) is 0 Å². The lowest BCUT2D eigenvalue weighted by Crippen LogP contribution is -2.41. The quantitative estimate of drug-likeness (QED) is 0.680. The molecule has 122 valence electrons. The Hall–Kier alpha value is -1.24. The first-order chi connectivity index (χ1) is 10.7.